The Bertz CT molecular complexity index is 863. The molecule has 0 saturated carbocycles. The maximum Gasteiger partial charge on any atom is 0.431 e. The van der Waals surface area contributed by atoms with Crippen LogP contribution >= 0.6 is 0 Å². The highest BCUT2D eigenvalue weighted by atomic mass is 19.4. The van der Waals surface area contributed by atoms with E-state index in [-0.39, 0.29) is 5.65 Å². The number of nitrogens with zero attached hydrogens (tertiary/aromatic N) is 2. The topological polar surface area (TPSA) is 50.2 Å². The first-order valence-corrected chi connectivity index (χ1v) is 6.13. The molecule has 21 heavy (non-hydrogen) atoms. The largest absolute Gasteiger partial charge is 0.431 e. The number of fused-ring (bicyclic) bond motifs is 1. The van der Waals surface area contributed by atoms with E-state index in [4.69, 9.17) is 0 Å². The van der Waals surface area contributed by atoms with E-state index in [1.165, 1.54) is 0 Å². The molecule has 0 aliphatic rings. The highest BCUT2D eigenvalue weighted by molar-refractivity contribution is 5.79. The van der Waals surface area contributed by atoms with Crippen molar-refractivity contribution in [3.63, 3.8) is 0 Å². The van der Waals surface area contributed by atoms with Crippen molar-refractivity contribution in [2.24, 2.45) is 0 Å². The molecule has 7 heteroatoms. The fraction of sp³-hybridized carbons (Fsp3) is 0.143. The summed E-state index contributed by atoms with van der Waals surface area (Å²) >= 11 is 0. The van der Waals surface area contributed by atoms with Gasteiger partial charge in [-0.3, -0.25) is 4.79 Å². The zero-order valence-corrected chi connectivity index (χ0v) is 10.9. The standard InChI is InChI=1S/C14H10F3N3O/c1-8-12(9-5-3-2-4-6-9)13-18-10(14(15,16)17)7-11(21)20(13)19-8/h2-7,18H,1H3. The summed E-state index contributed by atoms with van der Waals surface area (Å²) < 4.78 is 39.5. The SMILES string of the molecule is Cc1nn2c(=O)cc(C(F)(F)F)[nH]c2c1-c1ccccc1. The molecule has 0 radical (unpaired) electrons. The monoisotopic (exact) mass is 293 g/mol. The molecule has 1 aromatic carbocycles. The normalized spacial score (nSPS) is 12.0. The number of aromatic nitrogens is 3. The van der Waals surface area contributed by atoms with Gasteiger partial charge in [0.05, 0.1) is 5.69 Å². The number of hydrogen-bond donors (Lipinski definition) is 1. The molecule has 108 valence electrons. The van der Waals surface area contributed by atoms with Gasteiger partial charge in [-0.1, -0.05) is 30.3 Å². The minimum absolute atomic E-state index is 0.0403. The Morgan fingerprint density at radius 2 is 1.86 bits per heavy atom. The van der Waals surface area contributed by atoms with Gasteiger partial charge in [0.1, 0.15) is 11.3 Å². The summed E-state index contributed by atoms with van der Waals surface area (Å²) in [6.45, 7) is 1.65. The lowest BCUT2D eigenvalue weighted by Gasteiger charge is -2.07. The average Bonchev–Trinajstić information content (AvgIpc) is 2.75. The molecule has 3 aromatic rings. The Morgan fingerprint density at radius 1 is 1.19 bits per heavy atom. The molecular formula is C14H10F3N3O. The summed E-state index contributed by atoms with van der Waals surface area (Å²) in [5.74, 6) is 0. The van der Waals surface area contributed by atoms with Crippen LogP contribution in [0.2, 0.25) is 0 Å². The van der Waals surface area contributed by atoms with Crippen molar-refractivity contribution >= 4 is 5.65 Å². The van der Waals surface area contributed by atoms with Crippen LogP contribution in [-0.4, -0.2) is 14.6 Å². The molecule has 1 N–H and O–H groups in total. The number of halogens is 3. The van der Waals surface area contributed by atoms with Crippen LogP contribution in [0.4, 0.5) is 13.2 Å². The summed E-state index contributed by atoms with van der Waals surface area (Å²) in [7, 11) is 0. The second-order valence-corrected chi connectivity index (χ2v) is 4.61. The second-order valence-electron chi connectivity index (χ2n) is 4.61. The number of aromatic amines is 1. The van der Waals surface area contributed by atoms with Gasteiger partial charge in [0.25, 0.3) is 5.56 Å². The highest BCUT2D eigenvalue weighted by Gasteiger charge is 2.33. The molecule has 0 fully saturated rings. The van der Waals surface area contributed by atoms with E-state index >= 15 is 0 Å². The van der Waals surface area contributed by atoms with Crippen LogP contribution in [0.15, 0.2) is 41.2 Å². The van der Waals surface area contributed by atoms with Crippen LogP contribution in [-0.2, 0) is 6.18 Å². The summed E-state index contributed by atoms with van der Waals surface area (Å²) in [4.78, 5) is 14.1. The van der Waals surface area contributed by atoms with Crippen molar-refractivity contribution < 1.29 is 13.2 Å². The lowest BCUT2D eigenvalue weighted by atomic mass is 10.1. The van der Waals surface area contributed by atoms with Crippen LogP contribution in [0.25, 0.3) is 16.8 Å². The van der Waals surface area contributed by atoms with E-state index in [0.29, 0.717) is 22.9 Å². The Labute approximate surface area is 116 Å². The predicted molar refractivity (Wildman–Crippen MR) is 71.0 cm³/mol. The van der Waals surface area contributed by atoms with Crippen LogP contribution in [0, 0.1) is 6.92 Å². The summed E-state index contributed by atoms with van der Waals surface area (Å²) in [5.41, 5.74) is -0.204. The van der Waals surface area contributed by atoms with E-state index in [1.54, 1.807) is 37.3 Å². The highest BCUT2D eigenvalue weighted by Crippen LogP contribution is 2.30. The molecule has 2 aromatic heterocycles. The molecule has 0 aliphatic carbocycles. The minimum atomic E-state index is -4.62. The number of H-pyrrole nitrogens is 1. The van der Waals surface area contributed by atoms with Crippen LogP contribution in [0.5, 0.6) is 0 Å². The number of benzene rings is 1. The maximum absolute atomic E-state index is 12.8. The lowest BCUT2D eigenvalue weighted by Crippen LogP contribution is -2.20. The first-order valence-electron chi connectivity index (χ1n) is 6.13. The van der Waals surface area contributed by atoms with Gasteiger partial charge in [-0.2, -0.15) is 22.8 Å². The third kappa shape index (κ3) is 2.20. The molecule has 0 amide bonds. The van der Waals surface area contributed by atoms with Gasteiger partial charge in [-0.25, -0.2) is 0 Å². The van der Waals surface area contributed by atoms with Crippen molar-refractivity contribution in [1.29, 1.82) is 0 Å². The Kier molecular flexibility index (Phi) is 2.86. The third-order valence-electron chi connectivity index (χ3n) is 3.16. The van der Waals surface area contributed by atoms with E-state index in [0.717, 1.165) is 4.52 Å². The van der Waals surface area contributed by atoms with Gasteiger partial charge in [0.2, 0.25) is 0 Å². The predicted octanol–water partition coefficient (Wildman–Crippen LogP) is 3.02. The van der Waals surface area contributed by atoms with Gasteiger partial charge in [0.15, 0.2) is 0 Å². The second kappa shape index (κ2) is 4.47. The van der Waals surface area contributed by atoms with Crippen molar-refractivity contribution in [3.05, 3.63) is 58.1 Å². The Morgan fingerprint density at radius 3 is 2.48 bits per heavy atom. The zero-order chi connectivity index (χ0) is 15.2. The maximum atomic E-state index is 12.8. The molecule has 0 unspecified atom stereocenters. The molecule has 3 rings (SSSR count). The van der Waals surface area contributed by atoms with Crippen LogP contribution < -0.4 is 5.56 Å². The Hall–Kier alpha value is -2.57. The third-order valence-corrected chi connectivity index (χ3v) is 3.16. The summed E-state index contributed by atoms with van der Waals surface area (Å²) in [5, 5.41) is 4.02. The molecule has 0 atom stereocenters. The molecule has 4 nitrogen and oxygen atoms in total. The molecule has 0 saturated heterocycles. The number of hydrogen-bond acceptors (Lipinski definition) is 2. The Balaban J connectivity index is 2.38. The van der Waals surface area contributed by atoms with E-state index in [9.17, 15) is 18.0 Å². The van der Waals surface area contributed by atoms with Gasteiger partial charge < -0.3 is 4.98 Å². The number of alkyl halides is 3. The fourth-order valence-electron chi connectivity index (χ4n) is 2.25. The van der Waals surface area contributed by atoms with Crippen LogP contribution in [0.3, 0.4) is 0 Å². The number of nitrogens with one attached hydrogen (secondary N) is 1. The van der Waals surface area contributed by atoms with E-state index in [1.807, 2.05) is 0 Å². The van der Waals surface area contributed by atoms with E-state index < -0.39 is 17.4 Å². The van der Waals surface area contributed by atoms with Gasteiger partial charge in [-0.05, 0) is 12.5 Å². The number of aryl methyl sites for hydroxylation is 1. The van der Waals surface area contributed by atoms with Gasteiger partial charge in [0, 0.05) is 11.6 Å². The smallest absolute Gasteiger partial charge is 0.335 e. The molecule has 0 spiro atoms. The quantitative estimate of drug-likeness (QED) is 0.749. The summed E-state index contributed by atoms with van der Waals surface area (Å²) in [6.07, 6.45) is -4.62. The van der Waals surface area contributed by atoms with Gasteiger partial charge in [-0.15, -0.1) is 0 Å². The zero-order valence-electron chi connectivity index (χ0n) is 10.9. The van der Waals surface area contributed by atoms with Crippen molar-refractivity contribution in [2.75, 3.05) is 0 Å². The number of rotatable bonds is 1. The first-order chi connectivity index (χ1) is 9.88. The molecular weight excluding hydrogens is 283 g/mol. The van der Waals surface area contributed by atoms with E-state index in [2.05, 4.69) is 10.1 Å². The van der Waals surface area contributed by atoms with Crippen molar-refractivity contribution in [2.45, 2.75) is 13.1 Å². The van der Waals surface area contributed by atoms with Crippen molar-refractivity contribution in [1.82, 2.24) is 14.6 Å². The first kappa shape index (κ1) is 13.4. The van der Waals surface area contributed by atoms with Crippen LogP contribution in [0.1, 0.15) is 11.4 Å². The van der Waals surface area contributed by atoms with Crippen molar-refractivity contribution in [3.8, 4) is 11.1 Å². The lowest BCUT2D eigenvalue weighted by molar-refractivity contribution is -0.141. The molecule has 0 aliphatic heterocycles. The molecule has 2 heterocycles. The summed E-state index contributed by atoms with van der Waals surface area (Å²) in [6, 6.07) is 9.35. The minimum Gasteiger partial charge on any atom is -0.335 e. The fourth-order valence-corrected chi connectivity index (χ4v) is 2.25. The van der Waals surface area contributed by atoms with Gasteiger partial charge >= 0.3 is 6.18 Å². The average molecular weight is 293 g/mol. The molecule has 0 bridgehead atoms.